The predicted octanol–water partition coefficient (Wildman–Crippen LogP) is 1.86. The van der Waals surface area contributed by atoms with E-state index in [1.54, 1.807) is 4.31 Å². The number of aromatic hydroxyl groups is 1. The number of benzene rings is 1. The van der Waals surface area contributed by atoms with Gasteiger partial charge in [0.1, 0.15) is 11.6 Å². The summed E-state index contributed by atoms with van der Waals surface area (Å²) in [4.78, 5) is 29.0. The molecule has 0 spiro atoms. The normalized spacial score (nSPS) is 17.5. The fourth-order valence-corrected chi connectivity index (χ4v) is 4.88. The maximum Gasteiger partial charge on any atom is 0.296 e. The summed E-state index contributed by atoms with van der Waals surface area (Å²) >= 11 is 0. The minimum absolute atomic E-state index is 0.0689. The summed E-state index contributed by atoms with van der Waals surface area (Å²) in [6, 6.07) is 5.54. The van der Waals surface area contributed by atoms with Gasteiger partial charge in [-0.2, -0.15) is 0 Å². The molecule has 0 bridgehead atoms. The van der Waals surface area contributed by atoms with Crippen LogP contribution in [0.1, 0.15) is 34.7 Å². The smallest absolute Gasteiger partial charge is 0.296 e. The van der Waals surface area contributed by atoms with Crippen LogP contribution < -0.4 is 10.9 Å². The van der Waals surface area contributed by atoms with Gasteiger partial charge in [0.2, 0.25) is 5.75 Å². The van der Waals surface area contributed by atoms with E-state index in [0.717, 1.165) is 17.4 Å². The highest BCUT2D eigenvalue weighted by molar-refractivity contribution is 8.22. The first-order valence-electron chi connectivity index (χ1n) is 9.51. The van der Waals surface area contributed by atoms with Crippen molar-refractivity contribution in [1.29, 1.82) is 0 Å². The molecule has 1 amide bonds. The zero-order valence-corrected chi connectivity index (χ0v) is 17.4. The molecule has 1 aromatic heterocycles. The molecular formula is C19H25FN4O5S. The van der Waals surface area contributed by atoms with Crippen LogP contribution in [0.25, 0.3) is 0 Å². The second-order valence-corrected chi connectivity index (χ2v) is 9.31. The Morgan fingerprint density at radius 1 is 1.27 bits per heavy atom. The molecule has 1 saturated heterocycles. The van der Waals surface area contributed by atoms with E-state index in [9.17, 15) is 28.2 Å². The summed E-state index contributed by atoms with van der Waals surface area (Å²) in [5.41, 5.74) is -0.527. The summed E-state index contributed by atoms with van der Waals surface area (Å²) in [7, 11) is -1.40. The fourth-order valence-electron chi connectivity index (χ4n) is 3.23. The Balaban J connectivity index is 1.75. The molecule has 0 aliphatic carbocycles. The molecule has 164 valence electrons. The largest absolute Gasteiger partial charge is 0.501 e. The van der Waals surface area contributed by atoms with Gasteiger partial charge in [-0.1, -0.05) is 12.1 Å². The first kappa shape index (κ1) is 22.2. The third-order valence-corrected chi connectivity index (χ3v) is 7.04. The van der Waals surface area contributed by atoms with E-state index in [1.807, 2.05) is 0 Å². The van der Waals surface area contributed by atoms with Crippen LogP contribution in [0.5, 0.6) is 5.75 Å². The average Bonchev–Trinajstić information content (AvgIpc) is 2.71. The summed E-state index contributed by atoms with van der Waals surface area (Å²) in [5.74, 6) is -1.35. The standard InChI is InChI=1S/C19H25FN4O5S/c1-23-15(8-10-24-9-2-3-11-30(24,28)29)22-16(17(25)19(23)27)18(26)21-12-13-4-6-14(20)7-5-13/h4-7,25,28-29H,2-3,8-12H2,1H3,(H,21,26). The fraction of sp³-hybridized carbons (Fsp3) is 0.421. The Morgan fingerprint density at radius 2 is 1.97 bits per heavy atom. The molecule has 11 heteroatoms. The molecule has 1 fully saturated rings. The molecule has 0 saturated carbocycles. The molecule has 2 heterocycles. The van der Waals surface area contributed by atoms with Gasteiger partial charge in [-0.3, -0.25) is 23.3 Å². The number of hydrogen-bond acceptors (Lipinski definition) is 7. The van der Waals surface area contributed by atoms with Gasteiger partial charge < -0.3 is 10.4 Å². The van der Waals surface area contributed by atoms with Gasteiger partial charge in [-0.25, -0.2) is 13.7 Å². The van der Waals surface area contributed by atoms with E-state index in [2.05, 4.69) is 10.3 Å². The summed E-state index contributed by atoms with van der Waals surface area (Å²) in [5, 5.41) is 12.7. The lowest BCUT2D eigenvalue weighted by molar-refractivity contribution is 0.0941. The Labute approximate surface area is 174 Å². The van der Waals surface area contributed by atoms with Gasteiger partial charge in [-0.05, 0) is 30.5 Å². The first-order valence-corrected chi connectivity index (χ1v) is 11.2. The Kier molecular flexibility index (Phi) is 6.76. The van der Waals surface area contributed by atoms with Crippen molar-refractivity contribution < 1.29 is 23.4 Å². The number of rotatable bonds is 6. The number of hydrogen-bond donors (Lipinski definition) is 4. The maximum absolute atomic E-state index is 13.0. The molecule has 3 rings (SSSR count). The monoisotopic (exact) mass is 440 g/mol. The van der Waals surface area contributed by atoms with Crippen LogP contribution in [0.2, 0.25) is 0 Å². The highest BCUT2D eigenvalue weighted by Crippen LogP contribution is 2.46. The van der Waals surface area contributed by atoms with Gasteiger partial charge in [0.15, 0.2) is 5.69 Å². The van der Waals surface area contributed by atoms with Crippen LogP contribution in [0.4, 0.5) is 4.39 Å². The van der Waals surface area contributed by atoms with Crippen molar-refractivity contribution in [3.63, 3.8) is 0 Å². The number of carbonyl (C=O) groups is 1. The third-order valence-electron chi connectivity index (χ3n) is 5.01. The van der Waals surface area contributed by atoms with Crippen molar-refractivity contribution in [3.8, 4) is 5.75 Å². The van der Waals surface area contributed by atoms with Crippen molar-refractivity contribution in [2.75, 3.05) is 18.8 Å². The number of carbonyl (C=O) groups excluding carboxylic acids is 1. The Morgan fingerprint density at radius 3 is 2.63 bits per heavy atom. The van der Waals surface area contributed by atoms with Gasteiger partial charge in [0.25, 0.3) is 11.5 Å². The second kappa shape index (κ2) is 9.13. The van der Waals surface area contributed by atoms with Gasteiger partial charge in [0, 0.05) is 33.1 Å². The van der Waals surface area contributed by atoms with Crippen LogP contribution in [-0.2, 0) is 20.0 Å². The zero-order valence-electron chi connectivity index (χ0n) is 16.5. The lowest BCUT2D eigenvalue weighted by Crippen LogP contribution is -2.37. The third kappa shape index (κ3) is 4.98. The predicted molar refractivity (Wildman–Crippen MR) is 111 cm³/mol. The Bertz CT molecular complexity index is 980. The van der Waals surface area contributed by atoms with E-state index in [4.69, 9.17) is 0 Å². The molecule has 0 atom stereocenters. The SMILES string of the molecule is Cn1c(CCN2CCCCS2(O)O)nc(C(=O)NCc2ccc(F)cc2)c(O)c1=O. The van der Waals surface area contributed by atoms with Crippen LogP contribution in [0.15, 0.2) is 29.1 Å². The van der Waals surface area contributed by atoms with Crippen LogP contribution >= 0.6 is 10.8 Å². The molecule has 9 nitrogen and oxygen atoms in total. The van der Waals surface area contributed by atoms with E-state index < -0.39 is 39.5 Å². The van der Waals surface area contributed by atoms with Crippen LogP contribution in [0, 0.1) is 5.82 Å². The van der Waals surface area contributed by atoms with Crippen LogP contribution in [0.3, 0.4) is 0 Å². The van der Waals surface area contributed by atoms with Crippen LogP contribution in [-0.4, -0.2) is 52.8 Å². The molecule has 0 radical (unpaired) electrons. The molecule has 30 heavy (non-hydrogen) atoms. The molecule has 1 aliphatic heterocycles. The lowest BCUT2D eigenvalue weighted by atomic mass is 10.2. The average molecular weight is 440 g/mol. The van der Waals surface area contributed by atoms with Gasteiger partial charge in [0.05, 0.1) is 5.75 Å². The maximum atomic E-state index is 13.0. The van der Waals surface area contributed by atoms with Gasteiger partial charge in [-0.15, -0.1) is 10.8 Å². The molecule has 4 N–H and O–H groups in total. The number of aromatic nitrogens is 2. The number of amides is 1. The highest BCUT2D eigenvalue weighted by Gasteiger charge is 2.27. The van der Waals surface area contributed by atoms with E-state index >= 15 is 0 Å². The minimum Gasteiger partial charge on any atom is -0.501 e. The van der Waals surface area contributed by atoms with Crippen molar-refractivity contribution >= 4 is 16.7 Å². The Hall–Kier alpha value is -2.47. The summed E-state index contributed by atoms with van der Waals surface area (Å²) in [6.07, 6.45) is 1.78. The van der Waals surface area contributed by atoms with E-state index in [1.165, 1.54) is 31.3 Å². The number of nitrogens with one attached hydrogen (secondary N) is 1. The molecular weight excluding hydrogens is 415 g/mol. The topological polar surface area (TPSA) is 128 Å². The zero-order chi connectivity index (χ0) is 21.9. The van der Waals surface area contributed by atoms with Crippen molar-refractivity contribution in [3.05, 3.63) is 57.5 Å². The van der Waals surface area contributed by atoms with Gasteiger partial charge >= 0.3 is 0 Å². The lowest BCUT2D eigenvalue weighted by Gasteiger charge is -2.46. The van der Waals surface area contributed by atoms with Crippen molar-refractivity contribution in [2.24, 2.45) is 7.05 Å². The highest BCUT2D eigenvalue weighted by atomic mass is 32.3. The van der Waals surface area contributed by atoms with E-state index in [-0.39, 0.29) is 25.3 Å². The molecule has 2 aromatic rings. The van der Waals surface area contributed by atoms with E-state index in [0.29, 0.717) is 17.9 Å². The number of halogens is 1. The molecule has 1 aromatic carbocycles. The van der Waals surface area contributed by atoms with Crippen molar-refractivity contribution in [1.82, 2.24) is 19.2 Å². The van der Waals surface area contributed by atoms with Crippen molar-refractivity contribution in [2.45, 2.75) is 25.8 Å². The quantitative estimate of drug-likeness (QED) is 0.540. The summed E-state index contributed by atoms with van der Waals surface area (Å²) < 4.78 is 36.0. The molecule has 0 unspecified atom stereocenters. The minimum atomic E-state index is -2.83. The molecule has 1 aliphatic rings. The first-order chi connectivity index (χ1) is 14.2. The second-order valence-electron chi connectivity index (χ2n) is 7.12. The number of nitrogens with zero attached hydrogens (tertiary/aromatic N) is 3. The summed E-state index contributed by atoms with van der Waals surface area (Å²) in [6.45, 7) is 0.850.